The van der Waals surface area contributed by atoms with Crippen LogP contribution in [0.2, 0.25) is 0 Å². The molecule has 2 aliphatic rings. The Morgan fingerprint density at radius 3 is 3.05 bits per heavy atom. The molecule has 0 radical (unpaired) electrons. The van der Waals surface area contributed by atoms with Crippen LogP contribution in [0.3, 0.4) is 0 Å². The quantitative estimate of drug-likeness (QED) is 0.711. The molecule has 0 spiro atoms. The average molecular weight is 303 g/mol. The van der Waals surface area contributed by atoms with Crippen molar-refractivity contribution in [3.8, 4) is 0 Å². The van der Waals surface area contributed by atoms with E-state index in [2.05, 4.69) is 42.2 Å². The Labute approximate surface area is 132 Å². The summed E-state index contributed by atoms with van der Waals surface area (Å²) >= 11 is 1.97. The molecule has 0 bridgehead atoms. The molecule has 3 heteroatoms. The van der Waals surface area contributed by atoms with E-state index in [0.717, 1.165) is 43.7 Å². The predicted octanol–water partition coefficient (Wildman–Crippen LogP) is 4.63. The maximum absolute atomic E-state index is 5.66. The molecular formula is C18H25NOS. The molecule has 1 aromatic carbocycles. The third-order valence-corrected chi connectivity index (χ3v) is 5.34. The molecule has 3 rings (SSSR count). The van der Waals surface area contributed by atoms with Gasteiger partial charge in [-0.3, -0.25) is 0 Å². The molecule has 0 unspecified atom stereocenters. The zero-order chi connectivity index (χ0) is 14.5. The van der Waals surface area contributed by atoms with E-state index in [1.807, 2.05) is 11.8 Å². The van der Waals surface area contributed by atoms with Gasteiger partial charge in [0.1, 0.15) is 6.61 Å². The van der Waals surface area contributed by atoms with Gasteiger partial charge >= 0.3 is 0 Å². The van der Waals surface area contributed by atoms with E-state index < -0.39 is 0 Å². The lowest BCUT2D eigenvalue weighted by molar-refractivity contribution is 0.236. The molecule has 1 saturated carbocycles. The van der Waals surface area contributed by atoms with Crippen molar-refractivity contribution in [3.63, 3.8) is 0 Å². The Kier molecular flexibility index (Phi) is 5.13. The van der Waals surface area contributed by atoms with Gasteiger partial charge in [-0.25, -0.2) is 0 Å². The Balaban J connectivity index is 1.50. The average Bonchev–Trinajstić information content (AvgIpc) is 2.85. The van der Waals surface area contributed by atoms with Crippen molar-refractivity contribution in [2.45, 2.75) is 43.4 Å². The van der Waals surface area contributed by atoms with Gasteiger partial charge in [-0.1, -0.05) is 25.5 Å². The molecule has 2 fully saturated rings. The molecule has 1 aliphatic carbocycles. The number of ether oxygens (including phenoxy) is 1. The van der Waals surface area contributed by atoms with Crippen molar-refractivity contribution in [2.75, 3.05) is 25.4 Å². The van der Waals surface area contributed by atoms with Crippen molar-refractivity contribution >= 4 is 11.8 Å². The Hall–Kier alpha value is -1.09. The van der Waals surface area contributed by atoms with Crippen LogP contribution in [0.1, 0.15) is 44.1 Å². The van der Waals surface area contributed by atoms with E-state index in [1.165, 1.54) is 24.2 Å². The van der Waals surface area contributed by atoms with E-state index in [-0.39, 0.29) is 0 Å². The van der Waals surface area contributed by atoms with Crippen LogP contribution in [-0.4, -0.2) is 30.3 Å². The van der Waals surface area contributed by atoms with Crippen LogP contribution in [0.4, 0.5) is 0 Å². The second kappa shape index (κ2) is 7.26. The molecule has 1 aromatic rings. The zero-order valence-electron chi connectivity index (χ0n) is 12.9. The van der Waals surface area contributed by atoms with Gasteiger partial charge in [0.15, 0.2) is 5.88 Å². The summed E-state index contributed by atoms with van der Waals surface area (Å²) < 4.78 is 5.66. The number of nitrogens with zero attached hydrogens (tertiary/aromatic N) is 1. The van der Waals surface area contributed by atoms with Crippen LogP contribution < -0.4 is 0 Å². The van der Waals surface area contributed by atoms with Crippen molar-refractivity contribution in [1.29, 1.82) is 0 Å². The van der Waals surface area contributed by atoms with Gasteiger partial charge in [-0.05, 0) is 49.0 Å². The molecule has 0 amide bonds. The molecule has 1 heterocycles. The maximum atomic E-state index is 5.66. The van der Waals surface area contributed by atoms with Crippen molar-refractivity contribution in [1.82, 2.24) is 4.90 Å². The minimum atomic E-state index is 0.830. The van der Waals surface area contributed by atoms with Crippen molar-refractivity contribution < 1.29 is 4.74 Å². The fourth-order valence-corrected chi connectivity index (χ4v) is 3.86. The highest BCUT2D eigenvalue weighted by molar-refractivity contribution is 7.99. The fraction of sp³-hybridized carbons (Fsp3) is 0.556. The van der Waals surface area contributed by atoms with Crippen LogP contribution in [0.5, 0.6) is 0 Å². The number of allylic oxidation sites excluding steroid dienone is 1. The fourth-order valence-electron chi connectivity index (χ4n) is 2.92. The summed E-state index contributed by atoms with van der Waals surface area (Å²) in [6.45, 7) is 5.11. The Bertz CT molecular complexity index is 496. The maximum Gasteiger partial charge on any atom is 0.185 e. The lowest BCUT2D eigenvalue weighted by atomic mass is 9.80. The molecular weight excluding hydrogens is 278 g/mol. The van der Waals surface area contributed by atoms with Gasteiger partial charge in [0.2, 0.25) is 0 Å². The molecule has 2 nitrogen and oxygen atoms in total. The topological polar surface area (TPSA) is 12.5 Å². The standard InChI is InChI=1S/C18H25NOS/c1-2-5-18-19(10-12-20-18)11-13-21-17-9-4-8-16(14-17)15-6-3-7-15/h4-5,8-9,14-15H,2-3,6-7,10-13H2,1H3/b18-5+. The van der Waals surface area contributed by atoms with E-state index in [1.54, 1.807) is 5.56 Å². The van der Waals surface area contributed by atoms with Crippen LogP contribution >= 0.6 is 11.8 Å². The van der Waals surface area contributed by atoms with Crippen LogP contribution in [0, 0.1) is 0 Å². The minimum Gasteiger partial charge on any atom is -0.477 e. The van der Waals surface area contributed by atoms with E-state index in [9.17, 15) is 0 Å². The van der Waals surface area contributed by atoms with E-state index in [4.69, 9.17) is 4.74 Å². The molecule has 1 saturated heterocycles. The number of benzene rings is 1. The van der Waals surface area contributed by atoms with Gasteiger partial charge in [0, 0.05) is 17.2 Å². The van der Waals surface area contributed by atoms with Gasteiger partial charge in [0.05, 0.1) is 6.54 Å². The van der Waals surface area contributed by atoms with Crippen molar-refractivity contribution in [2.24, 2.45) is 0 Å². The third-order valence-electron chi connectivity index (χ3n) is 4.37. The molecule has 1 aliphatic heterocycles. The van der Waals surface area contributed by atoms with Crippen molar-refractivity contribution in [3.05, 3.63) is 41.8 Å². The highest BCUT2D eigenvalue weighted by Gasteiger charge is 2.20. The summed E-state index contributed by atoms with van der Waals surface area (Å²) in [5, 5.41) is 0. The first-order valence-electron chi connectivity index (χ1n) is 8.17. The molecule has 21 heavy (non-hydrogen) atoms. The lowest BCUT2D eigenvalue weighted by Crippen LogP contribution is -2.21. The SMILES string of the molecule is CC/C=C1/OCCN1CCSc1cccc(C2CCC2)c1. The largest absolute Gasteiger partial charge is 0.477 e. The molecule has 114 valence electrons. The second-order valence-electron chi connectivity index (χ2n) is 5.83. The molecule has 0 aromatic heterocycles. The Morgan fingerprint density at radius 2 is 2.29 bits per heavy atom. The molecule has 0 N–H and O–H groups in total. The smallest absolute Gasteiger partial charge is 0.185 e. The first-order valence-corrected chi connectivity index (χ1v) is 9.16. The first kappa shape index (κ1) is 14.8. The summed E-state index contributed by atoms with van der Waals surface area (Å²) in [6.07, 6.45) is 7.40. The summed E-state index contributed by atoms with van der Waals surface area (Å²) in [4.78, 5) is 3.78. The number of hydrogen-bond acceptors (Lipinski definition) is 3. The normalized spacial score (nSPS) is 20.6. The monoisotopic (exact) mass is 303 g/mol. The van der Waals surface area contributed by atoms with Gasteiger partial charge in [-0.2, -0.15) is 0 Å². The van der Waals surface area contributed by atoms with Gasteiger partial charge in [0.25, 0.3) is 0 Å². The van der Waals surface area contributed by atoms with E-state index in [0.29, 0.717) is 0 Å². The van der Waals surface area contributed by atoms with Gasteiger partial charge < -0.3 is 9.64 Å². The summed E-state index contributed by atoms with van der Waals surface area (Å²) in [7, 11) is 0. The summed E-state index contributed by atoms with van der Waals surface area (Å²) in [5.74, 6) is 3.04. The molecule has 0 atom stereocenters. The van der Waals surface area contributed by atoms with Crippen LogP contribution in [0.25, 0.3) is 0 Å². The number of hydrogen-bond donors (Lipinski definition) is 0. The summed E-state index contributed by atoms with van der Waals surface area (Å²) in [6, 6.07) is 9.16. The third kappa shape index (κ3) is 3.76. The highest BCUT2D eigenvalue weighted by Crippen LogP contribution is 2.37. The van der Waals surface area contributed by atoms with E-state index >= 15 is 0 Å². The highest BCUT2D eigenvalue weighted by atomic mass is 32.2. The number of thioether (sulfide) groups is 1. The lowest BCUT2D eigenvalue weighted by Gasteiger charge is -2.26. The predicted molar refractivity (Wildman–Crippen MR) is 89.7 cm³/mol. The van der Waals surface area contributed by atoms with Gasteiger partial charge in [-0.15, -0.1) is 11.8 Å². The zero-order valence-corrected chi connectivity index (χ0v) is 13.7. The minimum absolute atomic E-state index is 0.830. The number of rotatable bonds is 6. The van der Waals surface area contributed by atoms with Crippen LogP contribution in [0.15, 0.2) is 41.1 Å². The Morgan fingerprint density at radius 1 is 1.38 bits per heavy atom. The van der Waals surface area contributed by atoms with Crippen LogP contribution in [-0.2, 0) is 4.74 Å². The first-order chi connectivity index (χ1) is 10.4. The summed E-state index contributed by atoms with van der Waals surface area (Å²) in [5.41, 5.74) is 1.54. The second-order valence-corrected chi connectivity index (χ2v) is 7.00.